The van der Waals surface area contributed by atoms with E-state index in [-0.39, 0.29) is 21.7 Å². The van der Waals surface area contributed by atoms with Crippen LogP contribution in [-0.4, -0.2) is 0 Å². The summed E-state index contributed by atoms with van der Waals surface area (Å²) in [5, 5.41) is 14.7. The predicted molar refractivity (Wildman–Crippen MR) is 523 cm³/mol. The molecule has 20 aromatic rings. The average Bonchev–Trinajstić information content (AvgIpc) is 1.61. The number of fused-ring (bicyclic) bond motifs is 20. The van der Waals surface area contributed by atoms with Gasteiger partial charge in [0.05, 0.1) is 11.4 Å². The second-order valence-electron chi connectivity index (χ2n) is 37.1. The monoisotopic (exact) mass is 1570 g/mol. The molecule has 0 aliphatic heterocycles. The maximum Gasteiger partial charge on any atom is 0.0569 e. The van der Waals surface area contributed by atoms with Gasteiger partial charge in [0.2, 0.25) is 0 Å². The Kier molecular flexibility index (Phi) is 15.8. The zero-order chi connectivity index (χ0) is 82.7. The Balaban J connectivity index is 0.654. The minimum atomic E-state index is -0.342. The number of hydrogen-bond donors (Lipinski definition) is 0. The van der Waals surface area contributed by atoms with Crippen LogP contribution in [0.5, 0.6) is 0 Å². The van der Waals surface area contributed by atoms with E-state index in [1.54, 1.807) is 0 Å². The smallest absolute Gasteiger partial charge is 0.0569 e. The van der Waals surface area contributed by atoms with Crippen LogP contribution < -0.4 is 9.80 Å². The van der Waals surface area contributed by atoms with E-state index in [2.05, 4.69) is 454 Å². The fourth-order valence-electron chi connectivity index (χ4n) is 22.5. The van der Waals surface area contributed by atoms with Crippen molar-refractivity contribution in [2.24, 2.45) is 0 Å². The molecule has 24 rings (SSSR count). The molecule has 0 fully saturated rings. The number of nitrogens with zero attached hydrogens (tertiary/aromatic N) is 2. The van der Waals surface area contributed by atoms with Gasteiger partial charge < -0.3 is 9.80 Å². The van der Waals surface area contributed by atoms with Gasteiger partial charge in [0, 0.05) is 55.5 Å². The molecule has 0 spiro atoms. The van der Waals surface area contributed by atoms with E-state index in [1.807, 2.05) is 0 Å². The third-order valence-electron chi connectivity index (χ3n) is 28.9. The van der Waals surface area contributed by atoms with E-state index in [9.17, 15) is 0 Å². The molecule has 0 heterocycles. The van der Waals surface area contributed by atoms with Gasteiger partial charge in [0.25, 0.3) is 0 Å². The van der Waals surface area contributed by atoms with Crippen molar-refractivity contribution < 1.29 is 0 Å². The minimum absolute atomic E-state index is 0.205. The van der Waals surface area contributed by atoms with E-state index in [4.69, 9.17) is 0 Å². The molecule has 0 N–H and O–H groups in total. The van der Waals surface area contributed by atoms with Crippen molar-refractivity contribution in [1.82, 2.24) is 0 Å². The van der Waals surface area contributed by atoms with E-state index in [1.165, 1.54) is 198 Å². The quantitative estimate of drug-likeness (QED) is 0.119. The summed E-state index contributed by atoms with van der Waals surface area (Å²) < 4.78 is 0. The molecule has 0 saturated heterocycles. The molecule has 584 valence electrons. The highest BCUT2D eigenvalue weighted by Gasteiger charge is 2.42. The highest BCUT2D eigenvalue weighted by molar-refractivity contribution is 6.17. The summed E-state index contributed by atoms with van der Waals surface area (Å²) in [6.45, 7) is 21.6. The average molecular weight is 1570 g/mol. The minimum Gasteiger partial charge on any atom is -0.310 e. The topological polar surface area (TPSA) is 6.48 Å². The van der Waals surface area contributed by atoms with Crippen molar-refractivity contribution >= 4 is 98.8 Å². The van der Waals surface area contributed by atoms with Crippen LogP contribution in [-0.2, 0) is 21.7 Å². The summed E-state index contributed by atoms with van der Waals surface area (Å²) in [5.74, 6) is 0. The molecule has 0 aromatic heterocycles. The van der Waals surface area contributed by atoms with Crippen LogP contribution in [0.3, 0.4) is 0 Å². The van der Waals surface area contributed by atoms with Gasteiger partial charge in [-0.3, -0.25) is 0 Å². The van der Waals surface area contributed by atoms with Crippen LogP contribution in [0, 0.1) is 6.92 Å². The summed E-state index contributed by atoms with van der Waals surface area (Å²) in [6.07, 6.45) is 0. The number of hydrogen-bond acceptors (Lipinski definition) is 2. The summed E-state index contributed by atoms with van der Waals surface area (Å²) in [6, 6.07) is 146. The highest BCUT2D eigenvalue weighted by Crippen LogP contribution is 2.59. The van der Waals surface area contributed by atoms with Crippen LogP contribution in [0.15, 0.2) is 382 Å². The largest absolute Gasteiger partial charge is 0.310 e. The third kappa shape index (κ3) is 11.0. The Morgan fingerprint density at radius 1 is 0.171 bits per heavy atom. The Morgan fingerprint density at radius 3 is 1.03 bits per heavy atom. The molecule has 0 saturated carbocycles. The van der Waals surface area contributed by atoms with Crippen LogP contribution in [0.4, 0.5) is 34.1 Å². The van der Waals surface area contributed by atoms with Gasteiger partial charge in [-0.2, -0.15) is 0 Å². The van der Waals surface area contributed by atoms with Gasteiger partial charge in [0.15, 0.2) is 0 Å². The van der Waals surface area contributed by atoms with Gasteiger partial charge in [-0.1, -0.05) is 328 Å². The fourth-order valence-corrected chi connectivity index (χ4v) is 22.5. The van der Waals surface area contributed by atoms with Crippen molar-refractivity contribution in [3.05, 3.63) is 432 Å². The predicted octanol–water partition coefficient (Wildman–Crippen LogP) is 33.4. The third-order valence-corrected chi connectivity index (χ3v) is 28.9. The lowest BCUT2D eigenvalue weighted by atomic mass is 9.81. The maximum absolute atomic E-state index is 2.61. The zero-order valence-corrected chi connectivity index (χ0v) is 70.8. The molecule has 2 heteroatoms. The molecule has 2 nitrogen and oxygen atoms in total. The molecule has 0 bridgehead atoms. The molecule has 0 atom stereocenters. The van der Waals surface area contributed by atoms with Crippen LogP contribution in [0.25, 0.3) is 165 Å². The van der Waals surface area contributed by atoms with Crippen molar-refractivity contribution in [1.29, 1.82) is 0 Å². The first-order valence-corrected chi connectivity index (χ1v) is 43.7. The first-order valence-electron chi connectivity index (χ1n) is 43.7. The zero-order valence-electron chi connectivity index (χ0n) is 70.8. The standard InChI is InChI=1S/C121H90N2/c1-73-60-85(103-66-80-30-14-16-32-90(80)92-34-18-19-35-93(92)103)68-105(83-45-43-75-27-11-13-29-77(75)62-83)117(73)123(88-51-56-100-97-38-22-25-41-110(97)120(6,7)114(100)71-88)89-52-57-101-107-64-79(47-58-111(107)121(8,9)115(101)72-89)78-46-53-94-102(65-81-31-15-17-33-91(81)106(94)63-78)84-48-59-116(104(67-84)82-44-42-74-26-10-12-28-76(74)61-82)122(86-49-54-98-95-36-20-23-39-108(95)118(2,3)112(98)69-86)87-50-55-99-96-37-21-24-40-109(96)119(4,5)113(99)70-87/h10-72H,1-9H3. The fraction of sp³-hybridized carbons (Fsp3) is 0.107. The molecule has 123 heavy (non-hydrogen) atoms. The van der Waals surface area contributed by atoms with Gasteiger partial charge in [-0.05, 0) is 320 Å². The molecule has 4 aliphatic rings. The lowest BCUT2D eigenvalue weighted by Crippen LogP contribution is -2.18. The summed E-state index contributed by atoms with van der Waals surface area (Å²) in [4.78, 5) is 5.17. The van der Waals surface area contributed by atoms with Crippen LogP contribution in [0.1, 0.15) is 105 Å². The van der Waals surface area contributed by atoms with Crippen LogP contribution >= 0.6 is 0 Å². The highest BCUT2D eigenvalue weighted by atomic mass is 15.2. The van der Waals surface area contributed by atoms with E-state index >= 15 is 0 Å². The maximum atomic E-state index is 2.61. The molecular weight excluding hydrogens is 1480 g/mol. The lowest BCUT2D eigenvalue weighted by Gasteiger charge is -2.33. The number of rotatable bonds is 11. The molecule has 0 unspecified atom stereocenters. The summed E-state index contributed by atoms with van der Waals surface area (Å²) in [7, 11) is 0. The first-order chi connectivity index (χ1) is 59.9. The Labute approximate surface area is 720 Å². The van der Waals surface area contributed by atoms with Crippen molar-refractivity contribution in [2.45, 2.75) is 84.0 Å². The second-order valence-corrected chi connectivity index (χ2v) is 37.1. The first kappa shape index (κ1) is 72.6. The molecule has 20 aromatic carbocycles. The molecule has 0 amide bonds. The Morgan fingerprint density at radius 2 is 0.512 bits per heavy atom. The normalized spacial score (nSPS) is 14.3. The lowest BCUT2D eigenvalue weighted by molar-refractivity contribution is 0.659. The van der Waals surface area contributed by atoms with Crippen molar-refractivity contribution in [2.75, 3.05) is 9.80 Å². The number of benzene rings is 20. The van der Waals surface area contributed by atoms with Crippen LogP contribution in [0.2, 0.25) is 0 Å². The summed E-state index contributed by atoms with van der Waals surface area (Å²) in [5.41, 5.74) is 40.0. The van der Waals surface area contributed by atoms with Crippen molar-refractivity contribution in [3.8, 4) is 100 Å². The Hall–Kier alpha value is -14.4. The van der Waals surface area contributed by atoms with Gasteiger partial charge in [-0.25, -0.2) is 0 Å². The van der Waals surface area contributed by atoms with Gasteiger partial charge >= 0.3 is 0 Å². The Bertz CT molecular complexity index is 7860. The number of aryl methyl sites for hydroxylation is 1. The van der Waals surface area contributed by atoms with Gasteiger partial charge in [-0.15, -0.1) is 0 Å². The van der Waals surface area contributed by atoms with E-state index < -0.39 is 0 Å². The summed E-state index contributed by atoms with van der Waals surface area (Å²) >= 11 is 0. The van der Waals surface area contributed by atoms with Gasteiger partial charge in [0.1, 0.15) is 0 Å². The van der Waals surface area contributed by atoms with E-state index in [0.717, 1.165) is 50.8 Å². The number of anilines is 6. The second kappa shape index (κ2) is 26.8. The molecule has 4 aliphatic carbocycles. The van der Waals surface area contributed by atoms with E-state index in [0.29, 0.717) is 0 Å². The molecule has 0 radical (unpaired) electrons. The van der Waals surface area contributed by atoms with Crippen molar-refractivity contribution in [3.63, 3.8) is 0 Å². The SMILES string of the molecule is Cc1cc(-c2cc3ccccc3c3ccccc23)cc(-c2ccc3ccccc3c2)c1N(c1ccc2c(c1)C(C)(C)c1ccccc1-2)c1ccc2c(c1)C(C)(C)c1ccc(-c3ccc4c(-c5ccc(N(c6ccc7c(c6)C(C)(C)c6ccccc6-7)c6ccc7c(c6)C(C)(C)c6ccccc6-7)c(-c6ccc7ccccc7c6)c5)cc5ccccc5c4c3)cc1-2. The molecular formula is C121H90N2.